The molecule has 2 aromatic carbocycles. The molecule has 0 saturated heterocycles. The Morgan fingerprint density at radius 2 is 1.82 bits per heavy atom. The summed E-state index contributed by atoms with van der Waals surface area (Å²) in [4.78, 5) is 40.5. The Bertz CT molecular complexity index is 1400. The molecule has 0 radical (unpaired) electrons. The molecule has 1 N–H and O–H groups in total. The molecule has 8 nitrogen and oxygen atoms in total. The van der Waals surface area contributed by atoms with Gasteiger partial charge >= 0.3 is 0 Å². The van der Waals surface area contributed by atoms with Crippen molar-refractivity contribution in [1.29, 1.82) is 0 Å². The molecule has 0 saturated carbocycles. The lowest BCUT2D eigenvalue weighted by Gasteiger charge is -1.95. The van der Waals surface area contributed by atoms with Crippen molar-refractivity contribution in [2.45, 2.75) is 0 Å². The van der Waals surface area contributed by atoms with E-state index in [0.717, 1.165) is 11.3 Å². The van der Waals surface area contributed by atoms with Crippen LogP contribution in [-0.4, -0.2) is 20.2 Å². The number of carbonyl (C=O) groups excluding carboxylic acids is 1. The number of hydrogen-bond acceptors (Lipinski definition) is 6. The number of hydrogen-bond donors (Lipinski definition) is 1. The summed E-state index contributed by atoms with van der Waals surface area (Å²) in [6.45, 7) is 0. The first kappa shape index (κ1) is 16.3. The summed E-state index contributed by atoms with van der Waals surface area (Å²) in [6.07, 6.45) is 1.58. The highest BCUT2D eigenvalue weighted by Crippen LogP contribution is 2.29. The summed E-state index contributed by atoms with van der Waals surface area (Å²) >= 11 is 1.15. The van der Waals surface area contributed by atoms with E-state index in [1.807, 2.05) is 12.1 Å². The van der Waals surface area contributed by atoms with Gasteiger partial charge in [0.1, 0.15) is 4.53 Å². The fourth-order valence-electron chi connectivity index (χ4n) is 3.22. The zero-order valence-corrected chi connectivity index (χ0v) is 14.9. The molecule has 0 atom stereocenters. The number of imidazole rings is 1. The van der Waals surface area contributed by atoms with Crippen LogP contribution in [0.4, 0.5) is 11.4 Å². The Morgan fingerprint density at radius 1 is 1.07 bits per heavy atom. The van der Waals surface area contributed by atoms with Crippen LogP contribution < -0.4 is 15.4 Å². The van der Waals surface area contributed by atoms with Crippen molar-refractivity contribution in [3.05, 3.63) is 85.3 Å². The van der Waals surface area contributed by atoms with Crippen LogP contribution in [0.15, 0.2) is 59.5 Å². The van der Waals surface area contributed by atoms with Crippen LogP contribution in [0, 0.1) is 10.1 Å². The molecule has 0 aliphatic carbocycles. The third kappa shape index (κ3) is 2.33. The number of thiazole rings is 1. The summed E-state index contributed by atoms with van der Waals surface area (Å²) in [7, 11) is 0. The number of nitro benzene ring substituents is 1. The maximum absolute atomic E-state index is 12.9. The van der Waals surface area contributed by atoms with Gasteiger partial charge in [-0.25, -0.2) is 4.98 Å². The van der Waals surface area contributed by atoms with E-state index in [4.69, 9.17) is 0 Å². The molecule has 136 valence electrons. The van der Waals surface area contributed by atoms with Gasteiger partial charge in [-0.2, -0.15) is 0 Å². The van der Waals surface area contributed by atoms with Gasteiger partial charge in [0.15, 0.2) is 4.96 Å². The van der Waals surface area contributed by atoms with E-state index >= 15 is 0 Å². The van der Waals surface area contributed by atoms with Gasteiger partial charge in [0.2, 0.25) is 0 Å². The van der Waals surface area contributed by atoms with E-state index < -0.39 is 4.92 Å². The first-order chi connectivity index (χ1) is 13.5. The molecule has 28 heavy (non-hydrogen) atoms. The standard InChI is InChI=1S/C19H10N4O4S/c24-17-15(12-3-1-2-4-13(12)20-17)16-18(25)22-9-14(21-19(22)28-16)10-5-7-11(8-6-10)23(26)27/h1-9H,(H,20,24). The summed E-state index contributed by atoms with van der Waals surface area (Å²) in [5.41, 5.74) is 2.60. The van der Waals surface area contributed by atoms with Crippen molar-refractivity contribution in [3.63, 3.8) is 0 Å². The average Bonchev–Trinajstić information content (AvgIpc) is 3.33. The minimum Gasteiger partial charge on any atom is -0.321 e. The lowest BCUT2D eigenvalue weighted by Crippen LogP contribution is -2.27. The zero-order chi connectivity index (χ0) is 19.4. The highest BCUT2D eigenvalue weighted by Gasteiger charge is 2.26. The van der Waals surface area contributed by atoms with Crippen LogP contribution in [0.1, 0.15) is 5.56 Å². The fourth-order valence-corrected chi connectivity index (χ4v) is 4.27. The molecule has 1 aliphatic heterocycles. The molecule has 0 spiro atoms. The SMILES string of the molecule is O=C1Nc2ccccc2C1=c1sc2nc(-c3ccc([N+](=O)[O-])cc3)cn2c1=O. The van der Waals surface area contributed by atoms with Gasteiger partial charge in [0.05, 0.1) is 16.2 Å². The van der Waals surface area contributed by atoms with Crippen LogP contribution in [0.5, 0.6) is 0 Å². The van der Waals surface area contributed by atoms with Crippen LogP contribution in [0.25, 0.3) is 21.8 Å². The lowest BCUT2D eigenvalue weighted by atomic mass is 10.1. The number of nitro groups is 1. The smallest absolute Gasteiger partial charge is 0.275 e. The predicted octanol–water partition coefficient (Wildman–Crippen LogP) is 2.20. The van der Waals surface area contributed by atoms with Crippen LogP contribution in [-0.2, 0) is 4.79 Å². The van der Waals surface area contributed by atoms with Crippen molar-refractivity contribution >= 4 is 39.2 Å². The minimum absolute atomic E-state index is 0.0149. The molecular weight excluding hydrogens is 380 g/mol. The molecule has 0 bridgehead atoms. The monoisotopic (exact) mass is 390 g/mol. The highest BCUT2D eigenvalue weighted by molar-refractivity contribution is 7.15. The quantitative estimate of drug-likeness (QED) is 0.417. The topological polar surface area (TPSA) is 107 Å². The number of rotatable bonds is 2. The Morgan fingerprint density at radius 3 is 2.54 bits per heavy atom. The zero-order valence-electron chi connectivity index (χ0n) is 14.1. The van der Waals surface area contributed by atoms with Gasteiger partial charge in [0.25, 0.3) is 17.2 Å². The number of amides is 1. The van der Waals surface area contributed by atoms with Gasteiger partial charge in [-0.15, -0.1) is 0 Å². The lowest BCUT2D eigenvalue weighted by molar-refractivity contribution is -0.384. The second kappa shape index (κ2) is 5.83. The maximum Gasteiger partial charge on any atom is 0.275 e. The van der Waals surface area contributed by atoms with Crippen molar-refractivity contribution in [2.75, 3.05) is 5.32 Å². The number of non-ortho nitro benzene ring substituents is 1. The fraction of sp³-hybridized carbons (Fsp3) is 0. The Labute approximate surface area is 160 Å². The van der Waals surface area contributed by atoms with Gasteiger partial charge in [0, 0.05) is 35.1 Å². The number of para-hydroxylation sites is 1. The number of benzene rings is 2. The van der Waals surface area contributed by atoms with Gasteiger partial charge in [-0.1, -0.05) is 29.5 Å². The Kier molecular flexibility index (Phi) is 3.40. The van der Waals surface area contributed by atoms with Crippen molar-refractivity contribution < 1.29 is 9.72 Å². The van der Waals surface area contributed by atoms with Crippen molar-refractivity contribution in [3.8, 4) is 11.3 Å². The van der Waals surface area contributed by atoms with Gasteiger partial charge in [-0.3, -0.25) is 24.1 Å². The number of fused-ring (bicyclic) bond motifs is 2. The van der Waals surface area contributed by atoms with Crippen LogP contribution >= 0.6 is 11.3 Å². The Balaban J connectivity index is 1.67. The normalized spacial score (nSPS) is 14.9. The van der Waals surface area contributed by atoms with Crippen LogP contribution in [0.2, 0.25) is 0 Å². The molecule has 0 unspecified atom stereocenters. The number of anilines is 1. The predicted molar refractivity (Wildman–Crippen MR) is 104 cm³/mol. The summed E-state index contributed by atoms with van der Waals surface area (Å²) in [5.74, 6) is -0.307. The average molecular weight is 390 g/mol. The number of nitrogens with one attached hydrogen (secondary N) is 1. The second-order valence-electron chi connectivity index (χ2n) is 6.19. The summed E-state index contributed by atoms with van der Waals surface area (Å²) in [5, 5.41) is 13.6. The number of nitrogens with zero attached hydrogens (tertiary/aromatic N) is 3. The Hall–Kier alpha value is -3.85. The third-order valence-corrected chi connectivity index (χ3v) is 5.61. The summed E-state index contributed by atoms with van der Waals surface area (Å²) < 4.78 is 1.73. The first-order valence-electron chi connectivity index (χ1n) is 8.25. The first-order valence-corrected chi connectivity index (χ1v) is 9.06. The molecule has 5 rings (SSSR count). The van der Waals surface area contributed by atoms with Crippen molar-refractivity contribution in [2.24, 2.45) is 0 Å². The molecule has 2 aromatic heterocycles. The van der Waals surface area contributed by atoms with E-state index in [0.29, 0.717) is 37.6 Å². The largest absolute Gasteiger partial charge is 0.321 e. The summed E-state index contributed by atoms with van der Waals surface area (Å²) in [6, 6.07) is 13.2. The van der Waals surface area contributed by atoms with E-state index in [9.17, 15) is 19.7 Å². The number of aromatic nitrogens is 2. The molecule has 1 amide bonds. The van der Waals surface area contributed by atoms with E-state index in [1.54, 1.807) is 30.5 Å². The molecule has 9 heteroatoms. The number of carbonyl (C=O) groups is 1. The van der Waals surface area contributed by atoms with E-state index in [-0.39, 0.29) is 17.2 Å². The van der Waals surface area contributed by atoms with E-state index in [1.165, 1.54) is 16.5 Å². The maximum atomic E-state index is 12.9. The molecule has 0 fully saturated rings. The van der Waals surface area contributed by atoms with E-state index in [2.05, 4.69) is 10.3 Å². The second-order valence-corrected chi connectivity index (χ2v) is 7.17. The molecule has 4 aromatic rings. The third-order valence-electron chi connectivity index (χ3n) is 4.55. The highest BCUT2D eigenvalue weighted by atomic mass is 32.1. The van der Waals surface area contributed by atoms with Gasteiger partial charge in [-0.05, 0) is 18.2 Å². The van der Waals surface area contributed by atoms with Crippen molar-refractivity contribution in [1.82, 2.24) is 9.38 Å². The van der Waals surface area contributed by atoms with Crippen LogP contribution in [0.3, 0.4) is 0 Å². The molecule has 1 aliphatic rings. The molecule has 3 heterocycles. The van der Waals surface area contributed by atoms with Gasteiger partial charge < -0.3 is 5.32 Å². The molecular formula is C19H10N4O4S. The minimum atomic E-state index is -0.473.